The second-order valence-corrected chi connectivity index (χ2v) is 4.70. The summed E-state index contributed by atoms with van der Waals surface area (Å²) in [5.41, 5.74) is 6.84. The number of rotatable bonds is 3. The molecule has 0 aliphatic rings. The lowest BCUT2D eigenvalue weighted by Gasteiger charge is -2.10. The summed E-state index contributed by atoms with van der Waals surface area (Å²) in [6.45, 7) is 0. The number of hydrogen-bond acceptors (Lipinski definition) is 3. The first-order valence-corrected chi connectivity index (χ1v) is 6.22. The second-order valence-electron chi connectivity index (χ2n) is 3.88. The Bertz CT molecular complexity index is 641. The van der Waals surface area contributed by atoms with Gasteiger partial charge < -0.3 is 10.5 Å². The van der Waals surface area contributed by atoms with Gasteiger partial charge in [0.05, 0.1) is 17.2 Å². The van der Waals surface area contributed by atoms with Crippen LogP contribution in [0.3, 0.4) is 0 Å². The third-order valence-corrected chi connectivity index (χ3v) is 3.31. The average Bonchev–Trinajstić information content (AvgIpc) is 2.40. The monoisotopic (exact) mass is 295 g/mol. The Morgan fingerprint density at radius 3 is 2.42 bits per heavy atom. The Balaban J connectivity index is 2.51. The van der Waals surface area contributed by atoms with Crippen LogP contribution in [0.15, 0.2) is 36.4 Å². The van der Waals surface area contributed by atoms with Crippen molar-refractivity contribution in [1.82, 2.24) is 0 Å². The van der Waals surface area contributed by atoms with Crippen LogP contribution >= 0.6 is 23.2 Å². The highest BCUT2D eigenvalue weighted by atomic mass is 35.5. The highest BCUT2D eigenvalue weighted by Gasteiger charge is 2.17. The molecule has 2 rings (SSSR count). The molecule has 0 radical (unpaired) electrons. The van der Waals surface area contributed by atoms with Gasteiger partial charge >= 0.3 is 0 Å². The summed E-state index contributed by atoms with van der Waals surface area (Å²) in [6.07, 6.45) is 0. The van der Waals surface area contributed by atoms with Crippen LogP contribution in [0, 0.1) is 0 Å². The first-order chi connectivity index (χ1) is 9.04. The van der Waals surface area contributed by atoms with E-state index in [2.05, 4.69) is 0 Å². The first-order valence-electron chi connectivity index (χ1n) is 5.47. The number of hydrogen-bond donors (Lipinski definition) is 1. The number of ketones is 1. The molecule has 0 fully saturated rings. The van der Waals surface area contributed by atoms with Gasteiger partial charge in [0.2, 0.25) is 0 Å². The van der Waals surface area contributed by atoms with Crippen molar-refractivity contribution >= 4 is 34.7 Å². The van der Waals surface area contributed by atoms with Gasteiger partial charge in [-0.1, -0.05) is 35.3 Å². The summed E-state index contributed by atoms with van der Waals surface area (Å²) in [5.74, 6) is 0.155. The maximum absolute atomic E-state index is 12.4. The molecule has 5 heteroatoms. The van der Waals surface area contributed by atoms with Gasteiger partial charge in [-0.15, -0.1) is 0 Å². The van der Waals surface area contributed by atoms with Gasteiger partial charge in [0.25, 0.3) is 0 Å². The van der Waals surface area contributed by atoms with Crippen LogP contribution in [0.1, 0.15) is 15.9 Å². The average molecular weight is 296 g/mol. The topological polar surface area (TPSA) is 52.3 Å². The summed E-state index contributed by atoms with van der Waals surface area (Å²) >= 11 is 12.0. The van der Waals surface area contributed by atoms with Gasteiger partial charge in [-0.25, -0.2) is 0 Å². The molecule has 0 aromatic heterocycles. The van der Waals surface area contributed by atoms with Crippen LogP contribution in [0.25, 0.3) is 0 Å². The first kappa shape index (κ1) is 13.7. The third-order valence-electron chi connectivity index (χ3n) is 2.69. The molecular weight excluding hydrogens is 285 g/mol. The molecule has 0 aliphatic heterocycles. The summed E-state index contributed by atoms with van der Waals surface area (Å²) in [5, 5.41) is 0.700. The summed E-state index contributed by atoms with van der Waals surface area (Å²) in [7, 11) is 1.48. The van der Waals surface area contributed by atoms with E-state index in [0.29, 0.717) is 32.6 Å². The summed E-state index contributed by atoms with van der Waals surface area (Å²) in [6, 6.07) is 9.79. The van der Waals surface area contributed by atoms with Crippen LogP contribution < -0.4 is 10.5 Å². The predicted octanol–water partition coefficient (Wildman–Crippen LogP) is 3.82. The largest absolute Gasteiger partial charge is 0.495 e. The quantitative estimate of drug-likeness (QED) is 0.692. The van der Waals surface area contributed by atoms with Gasteiger partial charge in [0.15, 0.2) is 5.78 Å². The van der Waals surface area contributed by atoms with E-state index in [1.807, 2.05) is 0 Å². The van der Waals surface area contributed by atoms with Gasteiger partial charge in [0, 0.05) is 22.9 Å². The zero-order valence-corrected chi connectivity index (χ0v) is 11.6. The Kier molecular flexibility index (Phi) is 3.98. The molecule has 98 valence electrons. The Morgan fingerprint density at radius 1 is 1.11 bits per heavy atom. The predicted molar refractivity (Wildman–Crippen MR) is 77.3 cm³/mol. The number of halogens is 2. The Labute approximate surface area is 120 Å². The lowest BCUT2D eigenvalue weighted by Crippen LogP contribution is -2.06. The zero-order chi connectivity index (χ0) is 14.0. The number of nitrogen functional groups attached to an aromatic ring is 1. The van der Waals surface area contributed by atoms with Crippen molar-refractivity contribution in [2.24, 2.45) is 0 Å². The van der Waals surface area contributed by atoms with E-state index in [0.717, 1.165) is 0 Å². The molecule has 2 N–H and O–H groups in total. The Hall–Kier alpha value is -1.71. The van der Waals surface area contributed by atoms with Gasteiger partial charge in [0.1, 0.15) is 5.75 Å². The number of anilines is 1. The molecule has 0 bridgehead atoms. The smallest absolute Gasteiger partial charge is 0.196 e. The minimum Gasteiger partial charge on any atom is -0.495 e. The van der Waals surface area contributed by atoms with Gasteiger partial charge in [-0.05, 0) is 18.2 Å². The molecule has 0 aliphatic carbocycles. The van der Waals surface area contributed by atoms with Crippen molar-refractivity contribution in [3.05, 3.63) is 57.6 Å². The number of carbonyl (C=O) groups excluding carboxylic acids is 1. The molecule has 0 saturated heterocycles. The van der Waals surface area contributed by atoms with E-state index in [1.165, 1.54) is 19.2 Å². The number of carbonyl (C=O) groups is 1. The number of methoxy groups -OCH3 is 1. The number of nitrogens with two attached hydrogens (primary N) is 1. The van der Waals surface area contributed by atoms with Crippen LogP contribution in [0.5, 0.6) is 5.75 Å². The fraction of sp³-hybridized carbons (Fsp3) is 0.0714. The Morgan fingerprint density at radius 2 is 1.79 bits per heavy atom. The van der Waals surface area contributed by atoms with E-state index < -0.39 is 0 Å². The molecule has 2 aromatic carbocycles. The normalized spacial score (nSPS) is 10.3. The van der Waals surface area contributed by atoms with Crippen LogP contribution in [-0.4, -0.2) is 12.9 Å². The van der Waals surface area contributed by atoms with E-state index >= 15 is 0 Å². The highest BCUT2D eigenvalue weighted by molar-refractivity contribution is 6.36. The molecule has 19 heavy (non-hydrogen) atoms. The maximum Gasteiger partial charge on any atom is 0.196 e. The van der Waals surface area contributed by atoms with Gasteiger partial charge in [-0.3, -0.25) is 4.79 Å². The minimum atomic E-state index is -0.271. The zero-order valence-electron chi connectivity index (χ0n) is 10.1. The van der Waals surface area contributed by atoms with E-state index in [1.54, 1.807) is 24.3 Å². The van der Waals surface area contributed by atoms with Crippen molar-refractivity contribution in [3.63, 3.8) is 0 Å². The standard InChI is InChI=1S/C14H11Cl2NO2/c1-19-13-7-12(17)9(6-11(13)16)14(18)8-4-2-3-5-10(8)15/h2-7H,17H2,1H3. The fourth-order valence-electron chi connectivity index (χ4n) is 1.71. The molecular formula is C14H11Cl2NO2. The van der Waals surface area contributed by atoms with Crippen molar-refractivity contribution < 1.29 is 9.53 Å². The molecule has 0 amide bonds. The van der Waals surface area contributed by atoms with Crippen LogP contribution in [0.4, 0.5) is 5.69 Å². The molecule has 3 nitrogen and oxygen atoms in total. The lowest BCUT2D eigenvalue weighted by atomic mass is 10.0. The van der Waals surface area contributed by atoms with Gasteiger partial charge in [-0.2, -0.15) is 0 Å². The minimum absolute atomic E-state index is 0.271. The molecule has 2 aromatic rings. The SMILES string of the molecule is COc1cc(N)c(C(=O)c2ccccc2Cl)cc1Cl. The van der Waals surface area contributed by atoms with Crippen molar-refractivity contribution in [2.45, 2.75) is 0 Å². The van der Waals surface area contributed by atoms with Crippen LogP contribution in [-0.2, 0) is 0 Å². The summed E-state index contributed by atoms with van der Waals surface area (Å²) in [4.78, 5) is 12.4. The highest BCUT2D eigenvalue weighted by Crippen LogP contribution is 2.31. The fourth-order valence-corrected chi connectivity index (χ4v) is 2.17. The van der Waals surface area contributed by atoms with Crippen LogP contribution in [0.2, 0.25) is 10.0 Å². The molecule has 0 saturated carbocycles. The number of ether oxygens (including phenoxy) is 1. The maximum atomic E-state index is 12.4. The van der Waals surface area contributed by atoms with Crippen molar-refractivity contribution in [2.75, 3.05) is 12.8 Å². The number of benzene rings is 2. The summed E-state index contributed by atoms with van der Waals surface area (Å²) < 4.78 is 5.04. The van der Waals surface area contributed by atoms with E-state index in [4.69, 9.17) is 33.7 Å². The second kappa shape index (κ2) is 5.51. The van der Waals surface area contributed by atoms with E-state index in [9.17, 15) is 4.79 Å². The van der Waals surface area contributed by atoms with Crippen molar-refractivity contribution in [3.8, 4) is 5.75 Å². The van der Waals surface area contributed by atoms with E-state index in [-0.39, 0.29) is 5.78 Å². The van der Waals surface area contributed by atoms with Crippen molar-refractivity contribution in [1.29, 1.82) is 0 Å². The lowest BCUT2D eigenvalue weighted by molar-refractivity contribution is 0.103. The molecule has 0 spiro atoms. The molecule has 0 heterocycles. The molecule has 0 atom stereocenters. The third kappa shape index (κ3) is 2.67. The molecule has 0 unspecified atom stereocenters.